The van der Waals surface area contributed by atoms with Gasteiger partial charge in [-0.25, -0.2) is 4.79 Å². The Morgan fingerprint density at radius 1 is 1.48 bits per heavy atom. The highest BCUT2D eigenvalue weighted by Gasteiger charge is 2.35. The van der Waals surface area contributed by atoms with Gasteiger partial charge in [0.2, 0.25) is 0 Å². The molecule has 3 rings (SSSR count). The maximum atomic E-state index is 12.2. The zero-order chi connectivity index (χ0) is 21.1. The van der Waals surface area contributed by atoms with E-state index in [4.69, 9.17) is 15.2 Å². The summed E-state index contributed by atoms with van der Waals surface area (Å²) in [4.78, 5) is 26.7. The molecule has 4 atom stereocenters. The van der Waals surface area contributed by atoms with Crippen molar-refractivity contribution in [1.29, 1.82) is 0 Å². The first-order valence-electron chi connectivity index (χ1n) is 8.98. The van der Waals surface area contributed by atoms with Crippen LogP contribution in [0.1, 0.15) is 36.8 Å². The predicted octanol–water partition coefficient (Wildman–Crippen LogP) is 0.652. The van der Waals surface area contributed by atoms with Crippen LogP contribution in [0.5, 0.6) is 0 Å². The normalized spacial score (nSPS) is 22.5. The molecule has 11 heteroatoms. The molecule has 2 unspecified atom stereocenters. The van der Waals surface area contributed by atoms with Crippen molar-refractivity contribution in [2.45, 2.75) is 44.5 Å². The summed E-state index contributed by atoms with van der Waals surface area (Å²) in [7, 11) is 0. The number of nitrogen functional groups attached to an aromatic ring is 1. The van der Waals surface area contributed by atoms with Crippen LogP contribution in [0.4, 0.5) is 11.5 Å². The number of nitrogens with zero attached hydrogens (tertiary/aromatic N) is 3. The molecule has 0 aliphatic carbocycles. The van der Waals surface area contributed by atoms with E-state index < -0.39 is 35.2 Å². The van der Waals surface area contributed by atoms with E-state index in [1.165, 1.54) is 16.8 Å². The summed E-state index contributed by atoms with van der Waals surface area (Å²) >= 11 is 0. The Balaban J connectivity index is 1.78. The average molecular weight is 406 g/mol. The van der Waals surface area contributed by atoms with Crippen LogP contribution in [0, 0.1) is 10.1 Å². The number of aliphatic hydroxyl groups excluding tert-OH is 2. The quantitative estimate of drug-likeness (QED) is 0.442. The lowest BCUT2D eigenvalue weighted by atomic mass is 10.1. The van der Waals surface area contributed by atoms with Gasteiger partial charge in [0, 0.05) is 24.2 Å². The number of nitro groups is 1. The number of aliphatic hydroxyl groups is 2. The molecule has 0 radical (unpaired) electrons. The van der Waals surface area contributed by atoms with Gasteiger partial charge < -0.3 is 25.4 Å². The molecule has 1 aliphatic rings. The molecule has 4 N–H and O–H groups in total. The van der Waals surface area contributed by atoms with Crippen LogP contribution in [0.3, 0.4) is 0 Å². The first kappa shape index (κ1) is 20.9. The van der Waals surface area contributed by atoms with Crippen LogP contribution in [0.2, 0.25) is 0 Å². The molecule has 1 aliphatic heterocycles. The number of anilines is 1. The molecular formula is C18H22N4O7. The topological polar surface area (TPSA) is 163 Å². The molecule has 1 saturated heterocycles. The lowest BCUT2D eigenvalue weighted by Gasteiger charge is -2.18. The number of rotatable bonds is 7. The van der Waals surface area contributed by atoms with Crippen molar-refractivity contribution in [3.8, 4) is 0 Å². The fourth-order valence-corrected chi connectivity index (χ4v) is 3.19. The van der Waals surface area contributed by atoms with Crippen molar-refractivity contribution in [3.63, 3.8) is 0 Å². The number of benzene rings is 1. The van der Waals surface area contributed by atoms with E-state index in [9.17, 15) is 25.1 Å². The van der Waals surface area contributed by atoms with Gasteiger partial charge in [-0.15, -0.1) is 0 Å². The largest absolute Gasteiger partial charge is 0.394 e. The Hall–Kier alpha value is -2.86. The number of nitrogens with two attached hydrogens (primary N) is 1. The van der Waals surface area contributed by atoms with Gasteiger partial charge in [0.15, 0.2) is 0 Å². The highest BCUT2D eigenvalue weighted by atomic mass is 16.6. The molecule has 156 valence electrons. The standard InChI is InChI=1S/C18H22N4O7/c1-10(12-4-2-3-5-13(12)22(26)27)28-9-11-7-21(18(25)20-17(11)19)16-6-14(24)15(8-23)29-16/h2-5,7,10,14-16,23-24H,6,8-9H2,1H3,(H2,19,20,25)/t10?,14?,15-,16-/m1/s1. The van der Waals surface area contributed by atoms with E-state index in [1.54, 1.807) is 25.1 Å². The van der Waals surface area contributed by atoms with E-state index in [0.29, 0.717) is 11.1 Å². The van der Waals surface area contributed by atoms with Crippen molar-refractivity contribution in [1.82, 2.24) is 9.55 Å². The second-order valence-electron chi connectivity index (χ2n) is 6.73. The lowest BCUT2D eigenvalue weighted by Crippen LogP contribution is -2.29. The SMILES string of the molecule is CC(OCc1cn([C@H]2CC(O)[C@@H](CO)O2)c(=O)nc1N)c1ccccc1[N+](=O)[O-]. The summed E-state index contributed by atoms with van der Waals surface area (Å²) in [5.74, 6) is -0.0294. The Morgan fingerprint density at radius 3 is 2.86 bits per heavy atom. The summed E-state index contributed by atoms with van der Waals surface area (Å²) in [5, 5.41) is 30.3. The van der Waals surface area contributed by atoms with Crippen LogP contribution >= 0.6 is 0 Å². The molecule has 1 aromatic heterocycles. The maximum absolute atomic E-state index is 12.2. The van der Waals surface area contributed by atoms with Gasteiger partial charge in [0.05, 0.1) is 35.9 Å². The van der Waals surface area contributed by atoms with Crippen molar-refractivity contribution in [2.75, 3.05) is 12.3 Å². The van der Waals surface area contributed by atoms with Gasteiger partial charge in [0.25, 0.3) is 5.69 Å². The Bertz CT molecular complexity index is 948. The van der Waals surface area contributed by atoms with Crippen molar-refractivity contribution >= 4 is 11.5 Å². The Labute approximate surface area is 165 Å². The Kier molecular flexibility index (Phi) is 6.23. The fraction of sp³-hybridized carbons (Fsp3) is 0.444. The van der Waals surface area contributed by atoms with Crippen LogP contribution in [-0.2, 0) is 16.1 Å². The summed E-state index contributed by atoms with van der Waals surface area (Å²) in [6, 6.07) is 6.25. The number of nitro benzene ring substituents is 1. The summed E-state index contributed by atoms with van der Waals surface area (Å²) < 4.78 is 12.4. The zero-order valence-corrected chi connectivity index (χ0v) is 15.7. The number of hydrogen-bond donors (Lipinski definition) is 3. The molecule has 1 aromatic carbocycles. The van der Waals surface area contributed by atoms with E-state index in [1.807, 2.05) is 0 Å². The van der Waals surface area contributed by atoms with Crippen molar-refractivity contribution in [3.05, 3.63) is 62.2 Å². The molecule has 29 heavy (non-hydrogen) atoms. The molecule has 0 bridgehead atoms. The molecule has 0 saturated carbocycles. The maximum Gasteiger partial charge on any atom is 0.351 e. The minimum Gasteiger partial charge on any atom is -0.394 e. The molecule has 11 nitrogen and oxygen atoms in total. The van der Waals surface area contributed by atoms with E-state index in [-0.39, 0.29) is 31.1 Å². The fourth-order valence-electron chi connectivity index (χ4n) is 3.19. The summed E-state index contributed by atoms with van der Waals surface area (Å²) in [6.45, 7) is 1.24. The third-order valence-electron chi connectivity index (χ3n) is 4.82. The first-order chi connectivity index (χ1) is 13.8. The molecular weight excluding hydrogens is 384 g/mol. The number of para-hydroxylation sites is 1. The highest BCUT2D eigenvalue weighted by Crippen LogP contribution is 2.30. The van der Waals surface area contributed by atoms with E-state index in [0.717, 1.165) is 0 Å². The van der Waals surface area contributed by atoms with Gasteiger partial charge in [-0.05, 0) is 13.0 Å². The van der Waals surface area contributed by atoms with Gasteiger partial charge >= 0.3 is 5.69 Å². The predicted molar refractivity (Wildman–Crippen MR) is 101 cm³/mol. The van der Waals surface area contributed by atoms with Crippen LogP contribution < -0.4 is 11.4 Å². The lowest BCUT2D eigenvalue weighted by molar-refractivity contribution is -0.386. The first-order valence-corrected chi connectivity index (χ1v) is 8.98. The average Bonchev–Trinajstić information content (AvgIpc) is 3.07. The second-order valence-corrected chi connectivity index (χ2v) is 6.73. The molecule has 2 heterocycles. The number of hydrogen-bond acceptors (Lipinski definition) is 9. The number of ether oxygens (including phenoxy) is 2. The third-order valence-corrected chi connectivity index (χ3v) is 4.82. The Morgan fingerprint density at radius 2 is 2.21 bits per heavy atom. The van der Waals surface area contributed by atoms with Crippen LogP contribution in [0.15, 0.2) is 35.3 Å². The second kappa shape index (κ2) is 8.66. The van der Waals surface area contributed by atoms with Gasteiger partial charge in [0.1, 0.15) is 18.1 Å². The molecule has 2 aromatic rings. The van der Waals surface area contributed by atoms with Crippen LogP contribution in [0.25, 0.3) is 0 Å². The molecule has 1 fully saturated rings. The minimum atomic E-state index is -0.909. The smallest absolute Gasteiger partial charge is 0.351 e. The van der Waals surface area contributed by atoms with Gasteiger partial charge in [-0.3, -0.25) is 14.7 Å². The van der Waals surface area contributed by atoms with Crippen molar-refractivity contribution < 1.29 is 24.6 Å². The number of aromatic nitrogens is 2. The molecule has 0 spiro atoms. The zero-order valence-electron chi connectivity index (χ0n) is 15.7. The molecule has 0 amide bonds. The van der Waals surface area contributed by atoms with Gasteiger partial charge in [-0.1, -0.05) is 12.1 Å². The summed E-state index contributed by atoms with van der Waals surface area (Å²) in [5.41, 5.74) is 5.91. The van der Waals surface area contributed by atoms with E-state index in [2.05, 4.69) is 4.98 Å². The summed E-state index contributed by atoms with van der Waals surface area (Å²) in [6.07, 6.45) is -1.57. The highest BCUT2D eigenvalue weighted by molar-refractivity contribution is 5.41. The van der Waals surface area contributed by atoms with Crippen molar-refractivity contribution in [2.24, 2.45) is 0 Å². The minimum absolute atomic E-state index is 0.0294. The third kappa shape index (κ3) is 4.43. The van der Waals surface area contributed by atoms with Crippen LogP contribution in [-0.4, -0.2) is 43.5 Å². The van der Waals surface area contributed by atoms with Gasteiger partial charge in [-0.2, -0.15) is 4.98 Å². The monoisotopic (exact) mass is 406 g/mol. The van der Waals surface area contributed by atoms with E-state index >= 15 is 0 Å².